The molecule has 7 nitrogen and oxygen atoms in total. The maximum absolute atomic E-state index is 12.6. The Morgan fingerprint density at radius 1 is 0.975 bits per heavy atom. The van der Waals surface area contributed by atoms with E-state index in [9.17, 15) is 18.0 Å². The number of nitrogens with zero attached hydrogens (tertiary/aromatic N) is 2. The van der Waals surface area contributed by atoms with Crippen molar-refractivity contribution in [3.63, 3.8) is 0 Å². The molecule has 2 N–H and O–H groups in total. The normalized spacial score (nSPS) is 14.4. The third-order valence-corrected chi connectivity index (χ3v) is 6.50. The van der Waals surface area contributed by atoms with E-state index >= 15 is 0 Å². The SMILES string of the molecule is COc1ccc(-c2cccc(NC(=O)c3cccc(Cl)c3)c2)cc1CN1CCCN(C)CC1.O=C(O)C(F)(F)F. The predicted octanol–water partition coefficient (Wildman–Crippen LogP) is 6.04. The van der Waals surface area contributed by atoms with Crippen LogP contribution in [0.2, 0.25) is 5.02 Å². The minimum Gasteiger partial charge on any atom is -0.496 e. The molecule has 1 saturated heterocycles. The monoisotopic (exact) mass is 577 g/mol. The number of carboxylic acid groups (broad SMARTS) is 1. The van der Waals surface area contributed by atoms with Crippen LogP contribution in [0.5, 0.6) is 5.75 Å². The van der Waals surface area contributed by atoms with Crippen LogP contribution in [0.15, 0.2) is 66.7 Å². The van der Waals surface area contributed by atoms with Crippen LogP contribution in [-0.2, 0) is 11.3 Å². The van der Waals surface area contributed by atoms with Crippen LogP contribution in [0.25, 0.3) is 11.1 Å². The maximum Gasteiger partial charge on any atom is 0.490 e. The van der Waals surface area contributed by atoms with E-state index in [-0.39, 0.29) is 5.91 Å². The number of likely N-dealkylation sites (N-methyl/N-ethyl adjacent to an activating group) is 1. The van der Waals surface area contributed by atoms with E-state index < -0.39 is 12.1 Å². The zero-order valence-electron chi connectivity index (χ0n) is 22.2. The van der Waals surface area contributed by atoms with E-state index in [1.54, 1.807) is 31.4 Å². The van der Waals surface area contributed by atoms with Gasteiger partial charge in [-0.3, -0.25) is 9.69 Å². The first-order chi connectivity index (χ1) is 19.0. The van der Waals surface area contributed by atoms with Crippen molar-refractivity contribution in [1.82, 2.24) is 9.80 Å². The Balaban J connectivity index is 0.000000559. The molecule has 1 heterocycles. The largest absolute Gasteiger partial charge is 0.496 e. The summed E-state index contributed by atoms with van der Waals surface area (Å²) in [5.74, 6) is -2.04. The van der Waals surface area contributed by atoms with Crippen LogP contribution in [0.1, 0.15) is 22.3 Å². The molecular weight excluding hydrogens is 547 g/mol. The number of carboxylic acids is 1. The molecule has 0 bridgehead atoms. The zero-order chi connectivity index (χ0) is 29.3. The standard InChI is InChI=1S/C27H30ClN3O2.C2HF3O2/c1-30-12-5-13-31(15-14-30)19-23-16-21(10-11-26(23)33-2)20-6-4-9-25(18-20)29-27(32)22-7-3-8-24(28)17-22;3-2(4,5)1(6)7/h3-4,6-11,16-18H,5,12-15,19H2,1-2H3,(H,29,32);(H,6,7). The van der Waals surface area contributed by atoms with Gasteiger partial charge in [0.05, 0.1) is 7.11 Å². The molecule has 0 spiro atoms. The summed E-state index contributed by atoms with van der Waals surface area (Å²) in [4.78, 5) is 26.4. The lowest BCUT2D eigenvalue weighted by molar-refractivity contribution is -0.192. The Morgan fingerprint density at radius 3 is 2.35 bits per heavy atom. The van der Waals surface area contributed by atoms with Gasteiger partial charge >= 0.3 is 12.1 Å². The van der Waals surface area contributed by atoms with Gasteiger partial charge in [0.25, 0.3) is 5.91 Å². The summed E-state index contributed by atoms with van der Waals surface area (Å²) in [5.41, 5.74) is 4.58. The molecule has 0 aliphatic carbocycles. The molecule has 0 atom stereocenters. The highest BCUT2D eigenvalue weighted by Gasteiger charge is 2.38. The molecule has 0 radical (unpaired) electrons. The van der Waals surface area contributed by atoms with Crippen molar-refractivity contribution >= 4 is 29.2 Å². The summed E-state index contributed by atoms with van der Waals surface area (Å²) in [5, 5.41) is 10.6. The second kappa shape index (κ2) is 14.2. The van der Waals surface area contributed by atoms with Crippen molar-refractivity contribution in [3.05, 3.63) is 82.9 Å². The van der Waals surface area contributed by atoms with E-state index in [4.69, 9.17) is 26.2 Å². The number of alkyl halides is 3. The van der Waals surface area contributed by atoms with Gasteiger partial charge in [-0.1, -0.05) is 35.9 Å². The van der Waals surface area contributed by atoms with E-state index in [1.807, 2.05) is 24.3 Å². The fourth-order valence-electron chi connectivity index (χ4n) is 4.19. The Hall–Kier alpha value is -3.60. The fraction of sp³-hybridized carbons (Fsp3) is 0.310. The van der Waals surface area contributed by atoms with Gasteiger partial charge in [-0.15, -0.1) is 0 Å². The van der Waals surface area contributed by atoms with Crippen LogP contribution in [0.4, 0.5) is 18.9 Å². The van der Waals surface area contributed by atoms with Gasteiger partial charge in [0, 0.05) is 41.5 Å². The van der Waals surface area contributed by atoms with Gasteiger partial charge in [-0.2, -0.15) is 13.2 Å². The molecule has 3 aromatic rings. The summed E-state index contributed by atoms with van der Waals surface area (Å²) < 4.78 is 37.4. The van der Waals surface area contributed by atoms with Crippen molar-refractivity contribution < 1.29 is 32.6 Å². The molecule has 3 aromatic carbocycles. The minimum atomic E-state index is -5.08. The number of rotatable bonds is 6. The number of benzene rings is 3. The number of aliphatic carboxylic acids is 1. The minimum absolute atomic E-state index is 0.184. The Morgan fingerprint density at radius 2 is 1.68 bits per heavy atom. The van der Waals surface area contributed by atoms with Gasteiger partial charge in [0.1, 0.15) is 5.75 Å². The number of amides is 1. The van der Waals surface area contributed by atoms with E-state index in [0.29, 0.717) is 10.6 Å². The summed E-state index contributed by atoms with van der Waals surface area (Å²) in [7, 11) is 3.91. The average Bonchev–Trinajstić information content (AvgIpc) is 3.12. The lowest BCUT2D eigenvalue weighted by Crippen LogP contribution is -2.28. The van der Waals surface area contributed by atoms with Crippen LogP contribution in [0, 0.1) is 0 Å². The van der Waals surface area contributed by atoms with E-state index in [1.165, 1.54) is 12.0 Å². The molecule has 1 amide bonds. The number of anilines is 1. The summed E-state index contributed by atoms with van der Waals surface area (Å²) in [6.07, 6.45) is -3.91. The van der Waals surface area contributed by atoms with Gasteiger partial charge in [-0.25, -0.2) is 4.79 Å². The quantitative estimate of drug-likeness (QED) is 0.372. The molecule has 0 aromatic heterocycles. The number of hydrogen-bond donors (Lipinski definition) is 2. The van der Waals surface area contributed by atoms with E-state index in [2.05, 4.69) is 40.4 Å². The van der Waals surface area contributed by atoms with Crippen LogP contribution in [0.3, 0.4) is 0 Å². The van der Waals surface area contributed by atoms with Gasteiger partial charge < -0.3 is 20.1 Å². The zero-order valence-corrected chi connectivity index (χ0v) is 22.9. The summed E-state index contributed by atoms with van der Waals surface area (Å²) >= 11 is 6.03. The number of carbonyl (C=O) groups is 2. The smallest absolute Gasteiger partial charge is 0.490 e. The van der Waals surface area contributed by atoms with E-state index in [0.717, 1.165) is 55.3 Å². The summed E-state index contributed by atoms with van der Waals surface area (Å²) in [6, 6.07) is 21.1. The third-order valence-electron chi connectivity index (χ3n) is 6.27. The maximum atomic E-state index is 12.6. The van der Waals surface area contributed by atoms with Crippen molar-refractivity contribution in [1.29, 1.82) is 0 Å². The molecule has 214 valence electrons. The highest BCUT2D eigenvalue weighted by atomic mass is 35.5. The molecule has 0 unspecified atom stereocenters. The van der Waals surface area contributed by atoms with Gasteiger partial charge in [-0.05, 0) is 80.1 Å². The Kier molecular flexibility index (Phi) is 10.9. The van der Waals surface area contributed by atoms with Gasteiger partial charge in [0.2, 0.25) is 0 Å². The van der Waals surface area contributed by atoms with Crippen LogP contribution in [-0.4, -0.2) is 73.3 Å². The molecule has 1 fully saturated rings. The first-order valence-electron chi connectivity index (χ1n) is 12.5. The molecule has 11 heteroatoms. The second-order valence-corrected chi connectivity index (χ2v) is 9.74. The van der Waals surface area contributed by atoms with Crippen LogP contribution >= 0.6 is 11.6 Å². The molecule has 4 rings (SSSR count). The first kappa shape index (κ1) is 30.9. The highest BCUT2D eigenvalue weighted by molar-refractivity contribution is 6.31. The number of nitrogens with one attached hydrogen (secondary N) is 1. The van der Waals surface area contributed by atoms with Gasteiger partial charge in [0.15, 0.2) is 0 Å². The molecule has 0 saturated carbocycles. The highest BCUT2D eigenvalue weighted by Crippen LogP contribution is 2.29. The lowest BCUT2D eigenvalue weighted by Gasteiger charge is -2.22. The number of hydrogen-bond acceptors (Lipinski definition) is 5. The lowest BCUT2D eigenvalue weighted by atomic mass is 10.0. The Bertz CT molecular complexity index is 1320. The first-order valence-corrected chi connectivity index (χ1v) is 12.9. The second-order valence-electron chi connectivity index (χ2n) is 9.31. The predicted molar refractivity (Wildman–Crippen MR) is 149 cm³/mol. The van der Waals surface area contributed by atoms with Crippen molar-refractivity contribution in [2.75, 3.05) is 45.7 Å². The molecule has 1 aliphatic heterocycles. The number of methoxy groups -OCH3 is 1. The Labute approximate surface area is 236 Å². The van der Waals surface area contributed by atoms with Crippen molar-refractivity contribution in [2.24, 2.45) is 0 Å². The molecule has 40 heavy (non-hydrogen) atoms. The average molecular weight is 578 g/mol. The van der Waals surface area contributed by atoms with Crippen LogP contribution < -0.4 is 10.1 Å². The topological polar surface area (TPSA) is 82.1 Å². The molecular formula is C29H31ClF3N3O4. The number of halogens is 4. The van der Waals surface area contributed by atoms with Crippen molar-refractivity contribution in [3.8, 4) is 16.9 Å². The number of ether oxygens (including phenoxy) is 1. The molecule has 1 aliphatic rings. The van der Waals surface area contributed by atoms with Crippen molar-refractivity contribution in [2.45, 2.75) is 19.1 Å². The fourth-order valence-corrected chi connectivity index (χ4v) is 4.38. The summed E-state index contributed by atoms with van der Waals surface area (Å²) in [6.45, 7) is 5.21. The third kappa shape index (κ3) is 9.25. The number of carbonyl (C=O) groups excluding carboxylic acids is 1.